The minimum Gasteiger partial charge on any atom is -0.437 e. The van der Waals surface area contributed by atoms with Crippen LogP contribution in [-0.2, 0) is 0 Å². The van der Waals surface area contributed by atoms with Crippen molar-refractivity contribution in [2.75, 3.05) is 0 Å². The molecule has 0 aliphatic rings. The van der Waals surface area contributed by atoms with Crippen molar-refractivity contribution < 1.29 is 4.74 Å². The van der Waals surface area contributed by atoms with E-state index in [9.17, 15) is 0 Å². The molecule has 6 heteroatoms. The summed E-state index contributed by atoms with van der Waals surface area (Å²) < 4.78 is 6.31. The van der Waals surface area contributed by atoms with Gasteiger partial charge in [0.1, 0.15) is 16.5 Å². The Morgan fingerprint density at radius 3 is 2.84 bits per heavy atom. The third-order valence-electron chi connectivity index (χ3n) is 2.53. The maximum Gasteiger partial charge on any atom is 0.238 e. The van der Waals surface area contributed by atoms with Crippen LogP contribution in [0.2, 0.25) is 5.15 Å². The zero-order chi connectivity index (χ0) is 13.2. The van der Waals surface area contributed by atoms with E-state index < -0.39 is 0 Å². The molecule has 0 saturated heterocycles. The van der Waals surface area contributed by atoms with Crippen molar-refractivity contribution in [3.05, 3.63) is 52.5 Å². The smallest absolute Gasteiger partial charge is 0.238 e. The number of pyridine rings is 1. The Morgan fingerprint density at radius 2 is 1.95 bits per heavy atom. The van der Waals surface area contributed by atoms with E-state index in [1.165, 1.54) is 6.33 Å². The summed E-state index contributed by atoms with van der Waals surface area (Å²) in [6.07, 6.45) is 3.09. The lowest BCUT2D eigenvalue weighted by molar-refractivity contribution is 0.463. The van der Waals surface area contributed by atoms with E-state index in [1.807, 2.05) is 30.3 Å². The summed E-state index contributed by atoms with van der Waals surface area (Å²) in [5.41, 5.74) is 0.858. The standard InChI is InChI=1S/C13H7BrClN3O/c14-11-12(15)17-7-18-13(11)19-10-5-1-4-9-8(10)3-2-6-16-9/h1-7H. The second-order valence-electron chi connectivity index (χ2n) is 3.71. The Labute approximate surface area is 122 Å². The highest BCUT2D eigenvalue weighted by Crippen LogP contribution is 2.34. The van der Waals surface area contributed by atoms with Crippen LogP contribution in [0.1, 0.15) is 0 Å². The number of hydrogen-bond acceptors (Lipinski definition) is 4. The molecular formula is C13H7BrClN3O. The lowest BCUT2D eigenvalue weighted by Gasteiger charge is -2.09. The molecule has 0 amide bonds. The Morgan fingerprint density at radius 1 is 1.05 bits per heavy atom. The van der Waals surface area contributed by atoms with Crippen LogP contribution in [0, 0.1) is 0 Å². The minimum absolute atomic E-state index is 0.309. The van der Waals surface area contributed by atoms with Crippen molar-refractivity contribution in [3.8, 4) is 11.6 Å². The van der Waals surface area contributed by atoms with Crippen LogP contribution in [-0.4, -0.2) is 15.0 Å². The first-order valence-corrected chi connectivity index (χ1v) is 6.60. The molecule has 1 aromatic carbocycles. The molecule has 0 aliphatic carbocycles. The van der Waals surface area contributed by atoms with E-state index in [-0.39, 0.29) is 0 Å². The molecule has 0 saturated carbocycles. The SMILES string of the molecule is Clc1ncnc(Oc2cccc3ncccc23)c1Br. The Kier molecular flexibility index (Phi) is 3.31. The number of ether oxygens (including phenoxy) is 1. The third kappa shape index (κ3) is 2.39. The topological polar surface area (TPSA) is 47.9 Å². The number of aromatic nitrogens is 3. The van der Waals surface area contributed by atoms with Crippen LogP contribution >= 0.6 is 27.5 Å². The van der Waals surface area contributed by atoms with Gasteiger partial charge in [-0.1, -0.05) is 17.7 Å². The molecule has 0 fully saturated rings. The maximum atomic E-state index is 5.91. The quantitative estimate of drug-likeness (QED) is 0.657. The van der Waals surface area contributed by atoms with Gasteiger partial charge >= 0.3 is 0 Å². The summed E-state index contributed by atoms with van der Waals surface area (Å²) in [5.74, 6) is 1.04. The molecule has 2 heterocycles. The number of benzene rings is 1. The minimum atomic E-state index is 0.309. The molecule has 0 spiro atoms. The van der Waals surface area contributed by atoms with Crippen molar-refractivity contribution in [2.24, 2.45) is 0 Å². The fourth-order valence-corrected chi connectivity index (χ4v) is 2.08. The first-order chi connectivity index (χ1) is 9.25. The molecular weight excluding hydrogens is 330 g/mol. The second-order valence-corrected chi connectivity index (χ2v) is 4.86. The van der Waals surface area contributed by atoms with Gasteiger partial charge in [0.05, 0.1) is 5.52 Å². The van der Waals surface area contributed by atoms with Crippen molar-refractivity contribution in [1.82, 2.24) is 15.0 Å². The molecule has 94 valence electrons. The van der Waals surface area contributed by atoms with E-state index in [0.717, 1.165) is 10.9 Å². The van der Waals surface area contributed by atoms with Crippen LogP contribution < -0.4 is 4.74 Å². The molecule has 3 rings (SSSR count). The highest BCUT2D eigenvalue weighted by atomic mass is 79.9. The predicted molar refractivity (Wildman–Crippen MR) is 76.6 cm³/mol. The van der Waals surface area contributed by atoms with Crippen molar-refractivity contribution in [2.45, 2.75) is 0 Å². The Hall–Kier alpha value is -1.72. The lowest BCUT2D eigenvalue weighted by Crippen LogP contribution is -1.92. The zero-order valence-electron chi connectivity index (χ0n) is 9.55. The fraction of sp³-hybridized carbons (Fsp3) is 0. The summed E-state index contributed by atoms with van der Waals surface area (Å²) in [5, 5.41) is 1.22. The van der Waals surface area contributed by atoms with Gasteiger partial charge in [0.25, 0.3) is 0 Å². The van der Waals surface area contributed by atoms with Gasteiger partial charge in [-0.3, -0.25) is 4.98 Å². The number of halogens is 2. The van der Waals surface area contributed by atoms with Crippen LogP contribution in [0.3, 0.4) is 0 Å². The molecule has 3 aromatic rings. The third-order valence-corrected chi connectivity index (χ3v) is 3.76. The molecule has 0 bridgehead atoms. The van der Waals surface area contributed by atoms with Crippen LogP contribution in [0.15, 0.2) is 47.3 Å². The number of nitrogens with zero attached hydrogens (tertiary/aromatic N) is 3. The number of rotatable bonds is 2. The summed E-state index contributed by atoms with van der Waals surface area (Å²) in [4.78, 5) is 12.2. The normalized spacial score (nSPS) is 10.6. The fourth-order valence-electron chi connectivity index (χ4n) is 1.67. The highest BCUT2D eigenvalue weighted by Gasteiger charge is 2.10. The van der Waals surface area contributed by atoms with Gasteiger partial charge in [-0.05, 0) is 40.2 Å². The van der Waals surface area contributed by atoms with E-state index in [4.69, 9.17) is 16.3 Å². The molecule has 0 N–H and O–H groups in total. The van der Waals surface area contributed by atoms with Crippen molar-refractivity contribution in [3.63, 3.8) is 0 Å². The van der Waals surface area contributed by atoms with Crippen LogP contribution in [0.5, 0.6) is 11.6 Å². The van der Waals surface area contributed by atoms with Gasteiger partial charge in [-0.15, -0.1) is 0 Å². The monoisotopic (exact) mass is 335 g/mol. The molecule has 2 aromatic heterocycles. The second kappa shape index (κ2) is 5.11. The van der Waals surface area contributed by atoms with Gasteiger partial charge in [-0.2, -0.15) is 0 Å². The molecule has 0 atom stereocenters. The molecule has 0 radical (unpaired) electrons. The van der Waals surface area contributed by atoms with Crippen LogP contribution in [0.4, 0.5) is 0 Å². The molecule has 0 unspecified atom stereocenters. The van der Waals surface area contributed by atoms with Crippen LogP contribution in [0.25, 0.3) is 10.9 Å². The predicted octanol–water partition coefficient (Wildman–Crippen LogP) is 4.23. The molecule has 4 nitrogen and oxygen atoms in total. The first kappa shape index (κ1) is 12.3. The van der Waals surface area contributed by atoms with Crippen molar-refractivity contribution in [1.29, 1.82) is 0 Å². The van der Waals surface area contributed by atoms with E-state index >= 15 is 0 Å². The van der Waals surface area contributed by atoms with Gasteiger partial charge < -0.3 is 4.74 Å². The summed E-state index contributed by atoms with van der Waals surface area (Å²) in [6, 6.07) is 9.45. The molecule has 0 aliphatic heterocycles. The van der Waals surface area contributed by atoms with Gasteiger partial charge in [-0.25, -0.2) is 9.97 Å². The number of fused-ring (bicyclic) bond motifs is 1. The van der Waals surface area contributed by atoms with E-state index in [1.54, 1.807) is 6.20 Å². The van der Waals surface area contributed by atoms with E-state index in [2.05, 4.69) is 30.9 Å². The Balaban J connectivity index is 2.09. The van der Waals surface area contributed by atoms with Gasteiger partial charge in [0.2, 0.25) is 5.88 Å². The summed E-state index contributed by atoms with van der Waals surface area (Å²) >= 11 is 9.21. The average molecular weight is 337 g/mol. The first-order valence-electron chi connectivity index (χ1n) is 5.43. The Bertz CT molecular complexity index is 746. The summed E-state index contributed by atoms with van der Waals surface area (Å²) in [7, 11) is 0. The maximum absolute atomic E-state index is 5.91. The highest BCUT2D eigenvalue weighted by molar-refractivity contribution is 9.10. The average Bonchev–Trinajstić information content (AvgIpc) is 2.44. The largest absolute Gasteiger partial charge is 0.437 e. The molecule has 19 heavy (non-hydrogen) atoms. The number of hydrogen-bond donors (Lipinski definition) is 0. The van der Waals surface area contributed by atoms with Crippen molar-refractivity contribution >= 4 is 38.4 Å². The lowest BCUT2D eigenvalue weighted by atomic mass is 10.2. The van der Waals surface area contributed by atoms with Gasteiger partial charge in [0.15, 0.2) is 5.15 Å². The zero-order valence-corrected chi connectivity index (χ0v) is 11.9. The summed E-state index contributed by atoms with van der Waals surface area (Å²) in [6.45, 7) is 0. The van der Waals surface area contributed by atoms with E-state index in [0.29, 0.717) is 21.3 Å². The van der Waals surface area contributed by atoms with Gasteiger partial charge in [0, 0.05) is 11.6 Å².